The molecule has 20 heavy (non-hydrogen) atoms. The minimum absolute atomic E-state index is 0.228. The van der Waals surface area contributed by atoms with Gasteiger partial charge in [0.1, 0.15) is 11.6 Å². The van der Waals surface area contributed by atoms with Crippen molar-refractivity contribution in [1.29, 1.82) is 0 Å². The smallest absolute Gasteiger partial charge is 0.269 e. The molecule has 1 aromatic heterocycles. The van der Waals surface area contributed by atoms with Crippen LogP contribution < -0.4 is 10.7 Å². The lowest BCUT2D eigenvalue weighted by Gasteiger charge is -2.32. The fraction of sp³-hybridized carbons (Fsp3) is 0.538. The second-order valence-electron chi connectivity index (χ2n) is 4.81. The van der Waals surface area contributed by atoms with Gasteiger partial charge in [0, 0.05) is 32.7 Å². The topological polar surface area (TPSA) is 60.5 Å². The first-order valence-corrected chi connectivity index (χ1v) is 6.74. The number of hydrogen-bond acceptors (Lipinski definition) is 5. The van der Waals surface area contributed by atoms with Crippen LogP contribution in [0.5, 0.6) is 0 Å². The number of piperazine rings is 1. The fourth-order valence-corrected chi connectivity index (χ4v) is 2.04. The van der Waals surface area contributed by atoms with Crippen LogP contribution in [0.4, 0.5) is 10.2 Å². The van der Waals surface area contributed by atoms with Gasteiger partial charge in [-0.2, -0.15) is 0 Å². The Morgan fingerprint density at radius 1 is 1.40 bits per heavy atom. The number of carbonyl (C=O) groups is 1. The molecule has 0 atom stereocenters. The van der Waals surface area contributed by atoms with E-state index in [2.05, 4.69) is 20.6 Å². The van der Waals surface area contributed by atoms with Crippen molar-refractivity contribution >= 4 is 11.7 Å². The van der Waals surface area contributed by atoms with Crippen LogP contribution in [0, 0.1) is 5.82 Å². The van der Waals surface area contributed by atoms with E-state index in [0.29, 0.717) is 12.4 Å². The van der Waals surface area contributed by atoms with Gasteiger partial charge in [-0.3, -0.25) is 10.2 Å². The Bertz CT molecular complexity index is 474. The Kier molecular flexibility index (Phi) is 4.86. The number of anilines is 1. The molecule has 0 bridgehead atoms. The summed E-state index contributed by atoms with van der Waals surface area (Å²) in [5.74, 6) is -0.451. The van der Waals surface area contributed by atoms with Crippen molar-refractivity contribution in [3.8, 4) is 0 Å². The average molecular weight is 281 g/mol. The molecule has 1 aliphatic heterocycles. The number of aromatic nitrogens is 1. The largest absolute Gasteiger partial charge is 0.370 e. The number of hydrogen-bond donors (Lipinski definition) is 2. The van der Waals surface area contributed by atoms with Crippen LogP contribution >= 0.6 is 0 Å². The van der Waals surface area contributed by atoms with E-state index in [9.17, 15) is 9.18 Å². The van der Waals surface area contributed by atoms with Crippen molar-refractivity contribution in [1.82, 2.24) is 20.3 Å². The van der Waals surface area contributed by atoms with Gasteiger partial charge in [0.2, 0.25) is 0 Å². The van der Waals surface area contributed by atoms with Crippen LogP contribution in [-0.2, 0) is 0 Å². The van der Waals surface area contributed by atoms with Gasteiger partial charge in [0.05, 0.1) is 11.8 Å². The van der Waals surface area contributed by atoms with Crippen molar-refractivity contribution < 1.29 is 9.18 Å². The van der Waals surface area contributed by atoms with Gasteiger partial charge in [0.15, 0.2) is 0 Å². The van der Waals surface area contributed by atoms with E-state index >= 15 is 0 Å². The van der Waals surface area contributed by atoms with Crippen LogP contribution in [0.25, 0.3) is 0 Å². The Balaban J connectivity index is 2.06. The number of amides is 1. The lowest BCUT2D eigenvalue weighted by atomic mass is 10.2. The lowest BCUT2D eigenvalue weighted by Crippen LogP contribution is -2.52. The molecule has 6 nitrogen and oxygen atoms in total. The summed E-state index contributed by atoms with van der Waals surface area (Å²) in [5.41, 5.74) is 3.03. The second-order valence-corrected chi connectivity index (χ2v) is 4.81. The van der Waals surface area contributed by atoms with Crippen molar-refractivity contribution in [3.63, 3.8) is 0 Å². The highest BCUT2D eigenvalue weighted by Crippen LogP contribution is 2.13. The van der Waals surface area contributed by atoms with E-state index in [0.717, 1.165) is 32.4 Å². The van der Waals surface area contributed by atoms with Crippen molar-refractivity contribution in [2.75, 3.05) is 45.1 Å². The summed E-state index contributed by atoms with van der Waals surface area (Å²) in [6.07, 6.45) is 1.10. The summed E-state index contributed by atoms with van der Waals surface area (Å²) in [5, 5.41) is 4.81. The lowest BCUT2D eigenvalue weighted by molar-refractivity contribution is 0.0662. The molecule has 0 unspecified atom stereocenters. The van der Waals surface area contributed by atoms with Crippen LogP contribution in [0.3, 0.4) is 0 Å². The van der Waals surface area contributed by atoms with E-state index in [1.807, 2.05) is 19.0 Å². The summed E-state index contributed by atoms with van der Waals surface area (Å²) in [4.78, 5) is 18.3. The monoisotopic (exact) mass is 281 g/mol. The molecule has 2 heterocycles. The van der Waals surface area contributed by atoms with Gasteiger partial charge in [-0.1, -0.05) is 0 Å². The van der Waals surface area contributed by atoms with Crippen LogP contribution in [0.1, 0.15) is 17.3 Å². The maximum absolute atomic E-state index is 13.3. The van der Waals surface area contributed by atoms with Gasteiger partial charge in [0.25, 0.3) is 5.91 Å². The highest BCUT2D eigenvalue weighted by molar-refractivity contribution is 5.98. The summed E-state index contributed by atoms with van der Waals surface area (Å²) < 4.78 is 13.3. The molecule has 1 fully saturated rings. The van der Waals surface area contributed by atoms with E-state index < -0.39 is 5.82 Å². The molecule has 2 N–H and O–H groups in total. The molecule has 110 valence electrons. The molecule has 0 aliphatic carbocycles. The molecule has 7 heteroatoms. The quantitative estimate of drug-likeness (QED) is 0.844. The SMILES string of the molecule is CCNc1ncc(F)cc1C(=O)NN1CCN(C)CC1. The predicted molar refractivity (Wildman–Crippen MR) is 74.9 cm³/mol. The highest BCUT2D eigenvalue weighted by Gasteiger charge is 2.19. The number of halogens is 1. The van der Waals surface area contributed by atoms with Crippen LogP contribution in [0.15, 0.2) is 12.3 Å². The molecule has 1 saturated heterocycles. The third-order valence-electron chi connectivity index (χ3n) is 3.21. The molecule has 1 aliphatic rings. The van der Waals surface area contributed by atoms with E-state index in [1.165, 1.54) is 6.07 Å². The van der Waals surface area contributed by atoms with Crippen LogP contribution in [0.2, 0.25) is 0 Å². The van der Waals surface area contributed by atoms with Gasteiger partial charge >= 0.3 is 0 Å². The van der Waals surface area contributed by atoms with Gasteiger partial charge < -0.3 is 10.2 Å². The van der Waals surface area contributed by atoms with Crippen molar-refractivity contribution in [3.05, 3.63) is 23.6 Å². The fourth-order valence-electron chi connectivity index (χ4n) is 2.04. The second kappa shape index (κ2) is 6.62. The number of likely N-dealkylation sites (N-methyl/N-ethyl adjacent to an activating group) is 1. The van der Waals surface area contributed by atoms with E-state index in [1.54, 1.807) is 0 Å². The van der Waals surface area contributed by atoms with E-state index in [-0.39, 0.29) is 11.5 Å². The zero-order valence-electron chi connectivity index (χ0n) is 11.8. The van der Waals surface area contributed by atoms with Gasteiger partial charge in [-0.15, -0.1) is 0 Å². The zero-order valence-corrected chi connectivity index (χ0v) is 11.8. The molecule has 2 rings (SSSR count). The standard InChI is InChI=1S/C13H20FN5O/c1-3-15-12-11(8-10(14)9-16-12)13(20)17-19-6-4-18(2)5-7-19/h8-9H,3-7H2,1-2H3,(H,15,16)(H,17,20). The first-order valence-electron chi connectivity index (χ1n) is 6.74. The van der Waals surface area contributed by atoms with E-state index in [4.69, 9.17) is 0 Å². The number of hydrazine groups is 1. The van der Waals surface area contributed by atoms with Gasteiger partial charge in [-0.25, -0.2) is 14.4 Å². The number of carbonyl (C=O) groups excluding carboxylic acids is 1. The highest BCUT2D eigenvalue weighted by atomic mass is 19.1. The molecule has 0 aromatic carbocycles. The summed E-state index contributed by atoms with van der Waals surface area (Å²) in [7, 11) is 2.04. The molecule has 0 radical (unpaired) electrons. The number of nitrogens with zero attached hydrogens (tertiary/aromatic N) is 3. The first kappa shape index (κ1) is 14.7. The normalized spacial score (nSPS) is 16.9. The number of nitrogens with one attached hydrogen (secondary N) is 2. The van der Waals surface area contributed by atoms with Gasteiger partial charge in [-0.05, 0) is 20.0 Å². The summed E-state index contributed by atoms with van der Waals surface area (Å²) in [6.45, 7) is 5.80. The van der Waals surface area contributed by atoms with Crippen LogP contribution in [-0.4, -0.2) is 60.6 Å². The average Bonchev–Trinajstić information content (AvgIpc) is 2.43. The number of pyridine rings is 1. The first-order chi connectivity index (χ1) is 9.60. The zero-order chi connectivity index (χ0) is 14.5. The molecular weight excluding hydrogens is 261 g/mol. The molecular formula is C13H20FN5O. The minimum Gasteiger partial charge on any atom is -0.370 e. The third-order valence-corrected chi connectivity index (χ3v) is 3.21. The Morgan fingerprint density at radius 2 is 2.10 bits per heavy atom. The van der Waals surface area contributed by atoms with Crippen molar-refractivity contribution in [2.24, 2.45) is 0 Å². The maximum atomic E-state index is 13.3. The maximum Gasteiger partial charge on any atom is 0.269 e. The molecule has 1 amide bonds. The Hall–Kier alpha value is -1.73. The predicted octanol–water partition coefficient (Wildman–Crippen LogP) is 0.545. The third kappa shape index (κ3) is 3.64. The minimum atomic E-state index is -0.518. The number of rotatable bonds is 4. The van der Waals surface area contributed by atoms with Crippen molar-refractivity contribution in [2.45, 2.75) is 6.92 Å². The summed E-state index contributed by atoms with van der Waals surface area (Å²) in [6, 6.07) is 1.20. The summed E-state index contributed by atoms with van der Waals surface area (Å²) >= 11 is 0. The molecule has 1 aromatic rings. The molecule has 0 spiro atoms. The Labute approximate surface area is 117 Å². The Morgan fingerprint density at radius 3 is 2.75 bits per heavy atom. The molecule has 0 saturated carbocycles.